The summed E-state index contributed by atoms with van der Waals surface area (Å²) in [6, 6.07) is 8.39. The fourth-order valence-corrected chi connectivity index (χ4v) is 1.72. The monoisotopic (exact) mass is 276 g/mol. The van der Waals surface area contributed by atoms with Crippen LogP contribution in [0.1, 0.15) is 18.3 Å². The Balaban J connectivity index is 2.15. The Kier molecular flexibility index (Phi) is 3.97. The Hall–Kier alpha value is -2.14. The fourth-order valence-electron chi connectivity index (χ4n) is 1.50. The molecule has 1 heterocycles. The molecule has 0 unspecified atom stereocenters. The van der Waals surface area contributed by atoms with Gasteiger partial charge in [0, 0.05) is 6.07 Å². The van der Waals surface area contributed by atoms with Gasteiger partial charge >= 0.3 is 0 Å². The molecule has 5 nitrogen and oxygen atoms in total. The van der Waals surface area contributed by atoms with Gasteiger partial charge in [-0.1, -0.05) is 11.6 Å². The summed E-state index contributed by atoms with van der Waals surface area (Å²) in [4.78, 5) is 8.13. The maximum absolute atomic E-state index is 9.22. The van der Waals surface area contributed by atoms with E-state index < -0.39 is 0 Å². The number of hydrogen-bond acceptors (Lipinski definition) is 5. The second-order valence-electron chi connectivity index (χ2n) is 3.98. The SMILES string of the molecule is C/C(=N/Nc1cc(Cl)nc(C)n1)c1ccc(O)cc1. The van der Waals surface area contributed by atoms with Crippen molar-refractivity contribution in [3.8, 4) is 5.75 Å². The van der Waals surface area contributed by atoms with Gasteiger partial charge in [-0.25, -0.2) is 9.97 Å². The number of aromatic hydroxyl groups is 1. The largest absolute Gasteiger partial charge is 0.508 e. The lowest BCUT2D eigenvalue weighted by Gasteiger charge is -2.04. The molecular formula is C13H13ClN4O. The number of halogens is 1. The van der Waals surface area contributed by atoms with Crippen LogP contribution in [0.4, 0.5) is 5.82 Å². The van der Waals surface area contributed by atoms with E-state index >= 15 is 0 Å². The van der Waals surface area contributed by atoms with Gasteiger partial charge in [0.15, 0.2) is 5.82 Å². The van der Waals surface area contributed by atoms with Crippen LogP contribution < -0.4 is 5.43 Å². The third-order valence-corrected chi connectivity index (χ3v) is 2.62. The minimum absolute atomic E-state index is 0.225. The van der Waals surface area contributed by atoms with Gasteiger partial charge in [-0.2, -0.15) is 5.10 Å². The van der Waals surface area contributed by atoms with Crippen LogP contribution in [0.5, 0.6) is 5.75 Å². The maximum Gasteiger partial charge on any atom is 0.151 e. The molecule has 1 aromatic carbocycles. The first-order valence-corrected chi connectivity index (χ1v) is 6.03. The number of anilines is 1. The van der Waals surface area contributed by atoms with E-state index in [2.05, 4.69) is 20.5 Å². The highest BCUT2D eigenvalue weighted by atomic mass is 35.5. The molecule has 2 aromatic rings. The zero-order chi connectivity index (χ0) is 13.8. The number of phenols is 1. The molecule has 2 rings (SSSR count). The van der Waals surface area contributed by atoms with E-state index in [9.17, 15) is 5.11 Å². The molecule has 0 radical (unpaired) electrons. The van der Waals surface area contributed by atoms with Crippen molar-refractivity contribution in [3.63, 3.8) is 0 Å². The lowest BCUT2D eigenvalue weighted by molar-refractivity contribution is 0.475. The molecule has 0 saturated carbocycles. The van der Waals surface area contributed by atoms with Gasteiger partial charge in [-0.15, -0.1) is 0 Å². The minimum atomic E-state index is 0.225. The maximum atomic E-state index is 9.22. The first-order valence-electron chi connectivity index (χ1n) is 5.65. The molecule has 1 aromatic heterocycles. The van der Waals surface area contributed by atoms with E-state index in [-0.39, 0.29) is 5.75 Å². The Bertz CT molecular complexity index is 590. The highest BCUT2D eigenvalue weighted by Gasteiger charge is 2.00. The van der Waals surface area contributed by atoms with Crippen molar-refractivity contribution in [1.29, 1.82) is 0 Å². The Labute approximate surface area is 116 Å². The fraction of sp³-hybridized carbons (Fsp3) is 0.154. The van der Waals surface area contributed by atoms with Crippen LogP contribution in [0.15, 0.2) is 35.4 Å². The van der Waals surface area contributed by atoms with Crippen LogP contribution in [-0.4, -0.2) is 20.8 Å². The highest BCUT2D eigenvalue weighted by molar-refractivity contribution is 6.29. The highest BCUT2D eigenvalue weighted by Crippen LogP contribution is 2.13. The van der Waals surface area contributed by atoms with E-state index in [1.807, 2.05) is 6.92 Å². The molecule has 0 fully saturated rings. The molecule has 19 heavy (non-hydrogen) atoms. The molecule has 0 bridgehead atoms. The van der Waals surface area contributed by atoms with Crippen LogP contribution in [-0.2, 0) is 0 Å². The van der Waals surface area contributed by atoms with E-state index in [0.717, 1.165) is 11.3 Å². The molecule has 0 saturated heterocycles. The van der Waals surface area contributed by atoms with Crippen LogP contribution in [0.3, 0.4) is 0 Å². The first-order chi connectivity index (χ1) is 9.04. The molecule has 0 aliphatic carbocycles. The molecule has 0 amide bonds. The molecule has 98 valence electrons. The van der Waals surface area contributed by atoms with E-state index in [4.69, 9.17) is 11.6 Å². The van der Waals surface area contributed by atoms with Gasteiger partial charge in [-0.3, -0.25) is 5.43 Å². The molecule has 0 aliphatic rings. The summed E-state index contributed by atoms with van der Waals surface area (Å²) < 4.78 is 0. The summed E-state index contributed by atoms with van der Waals surface area (Å²) in [6.45, 7) is 3.61. The standard InChI is InChI=1S/C13H13ClN4O/c1-8(10-3-5-11(19)6-4-10)17-18-13-7-12(14)15-9(2)16-13/h3-7,19H,1-2H3,(H,15,16,18)/b17-8-. The number of rotatable bonds is 3. The van der Waals surface area contributed by atoms with Gasteiger partial charge in [-0.05, 0) is 43.7 Å². The van der Waals surface area contributed by atoms with Crippen molar-refractivity contribution in [3.05, 3.63) is 46.9 Å². The molecule has 2 N–H and O–H groups in total. The Morgan fingerprint density at radius 2 is 1.95 bits per heavy atom. The second kappa shape index (κ2) is 5.67. The van der Waals surface area contributed by atoms with Gasteiger partial charge in [0.1, 0.15) is 16.7 Å². The van der Waals surface area contributed by atoms with E-state index in [0.29, 0.717) is 16.8 Å². The predicted octanol–water partition coefficient (Wildman–Crippen LogP) is 2.98. The number of phenolic OH excluding ortho intramolecular Hbond substituents is 1. The van der Waals surface area contributed by atoms with Gasteiger partial charge in [0.05, 0.1) is 5.71 Å². The van der Waals surface area contributed by atoms with Crippen LogP contribution in [0.25, 0.3) is 0 Å². The summed E-state index contributed by atoms with van der Waals surface area (Å²) >= 11 is 5.83. The number of aryl methyl sites for hydroxylation is 1. The number of aromatic nitrogens is 2. The third kappa shape index (κ3) is 3.66. The zero-order valence-electron chi connectivity index (χ0n) is 10.6. The molecule has 6 heteroatoms. The molecular weight excluding hydrogens is 264 g/mol. The van der Waals surface area contributed by atoms with Gasteiger partial charge in [0.2, 0.25) is 0 Å². The average Bonchev–Trinajstić information content (AvgIpc) is 2.36. The van der Waals surface area contributed by atoms with Crippen molar-refractivity contribution >= 4 is 23.1 Å². The topological polar surface area (TPSA) is 70.4 Å². The summed E-state index contributed by atoms with van der Waals surface area (Å²) in [5.41, 5.74) is 4.50. The third-order valence-electron chi connectivity index (χ3n) is 2.43. The first kappa shape index (κ1) is 13.3. The average molecular weight is 277 g/mol. The smallest absolute Gasteiger partial charge is 0.151 e. The number of hydrazone groups is 1. The van der Waals surface area contributed by atoms with Crippen molar-refractivity contribution in [2.24, 2.45) is 5.10 Å². The summed E-state index contributed by atoms with van der Waals surface area (Å²) in [5.74, 6) is 1.34. The van der Waals surface area contributed by atoms with Crippen LogP contribution >= 0.6 is 11.6 Å². The predicted molar refractivity (Wildman–Crippen MR) is 75.7 cm³/mol. The Morgan fingerprint density at radius 3 is 2.58 bits per heavy atom. The lowest BCUT2D eigenvalue weighted by Crippen LogP contribution is -2.02. The summed E-state index contributed by atoms with van der Waals surface area (Å²) in [6.07, 6.45) is 0. The van der Waals surface area contributed by atoms with Crippen molar-refractivity contribution < 1.29 is 5.11 Å². The van der Waals surface area contributed by atoms with Gasteiger partial charge in [0.25, 0.3) is 0 Å². The van der Waals surface area contributed by atoms with Crippen LogP contribution in [0.2, 0.25) is 5.15 Å². The molecule has 0 aliphatic heterocycles. The molecule has 0 spiro atoms. The lowest BCUT2D eigenvalue weighted by atomic mass is 10.1. The van der Waals surface area contributed by atoms with Gasteiger partial charge < -0.3 is 5.11 Å². The minimum Gasteiger partial charge on any atom is -0.508 e. The summed E-state index contributed by atoms with van der Waals surface area (Å²) in [7, 11) is 0. The van der Waals surface area contributed by atoms with E-state index in [1.165, 1.54) is 0 Å². The second-order valence-corrected chi connectivity index (χ2v) is 4.37. The number of hydrogen-bond donors (Lipinski definition) is 2. The number of nitrogens with zero attached hydrogens (tertiary/aromatic N) is 3. The number of nitrogens with one attached hydrogen (secondary N) is 1. The quantitative estimate of drug-likeness (QED) is 0.514. The zero-order valence-corrected chi connectivity index (χ0v) is 11.3. The summed E-state index contributed by atoms with van der Waals surface area (Å²) in [5, 5.41) is 13.8. The normalized spacial score (nSPS) is 11.4. The van der Waals surface area contributed by atoms with Crippen LogP contribution in [0, 0.1) is 6.92 Å². The van der Waals surface area contributed by atoms with E-state index in [1.54, 1.807) is 37.3 Å². The number of benzene rings is 1. The van der Waals surface area contributed by atoms with Crippen molar-refractivity contribution in [2.45, 2.75) is 13.8 Å². The van der Waals surface area contributed by atoms with Crippen molar-refractivity contribution in [1.82, 2.24) is 9.97 Å². The Morgan fingerprint density at radius 1 is 1.26 bits per heavy atom. The van der Waals surface area contributed by atoms with Crippen molar-refractivity contribution in [2.75, 3.05) is 5.43 Å². The molecule has 0 atom stereocenters.